The zero-order valence-electron chi connectivity index (χ0n) is 17.5. The number of carbonyl (C=O) groups is 2. The van der Waals surface area contributed by atoms with E-state index in [1.54, 1.807) is 39.0 Å². The van der Waals surface area contributed by atoms with Gasteiger partial charge in [0.2, 0.25) is 11.7 Å². The van der Waals surface area contributed by atoms with Crippen molar-refractivity contribution >= 4 is 23.2 Å². The van der Waals surface area contributed by atoms with Crippen LogP contribution in [0.2, 0.25) is 0 Å². The van der Waals surface area contributed by atoms with Gasteiger partial charge in [0.1, 0.15) is 6.04 Å². The molecule has 4 rings (SSSR count). The van der Waals surface area contributed by atoms with Crippen LogP contribution in [0, 0.1) is 17.0 Å². The third-order valence-corrected chi connectivity index (χ3v) is 5.38. The molecule has 2 amide bonds. The summed E-state index contributed by atoms with van der Waals surface area (Å²) >= 11 is 0. The molecule has 2 aromatic carbocycles. The lowest BCUT2D eigenvalue weighted by molar-refractivity contribution is -0.385. The molecular weight excluding hydrogens is 402 g/mol. The molecule has 2 heterocycles. The first kappa shape index (κ1) is 20.6. The summed E-state index contributed by atoms with van der Waals surface area (Å²) in [4.78, 5) is 38.0. The number of fused-ring (bicyclic) bond motifs is 1. The third-order valence-electron chi connectivity index (χ3n) is 5.38. The molecule has 0 radical (unpaired) electrons. The van der Waals surface area contributed by atoms with E-state index in [2.05, 4.69) is 5.32 Å². The summed E-state index contributed by atoms with van der Waals surface area (Å²) in [6, 6.07) is 8.78. The number of benzene rings is 2. The molecule has 1 atom stereocenters. The number of ether oxygens (including phenoxy) is 2. The van der Waals surface area contributed by atoms with Crippen molar-refractivity contribution in [1.29, 1.82) is 0 Å². The molecule has 0 spiro atoms. The fraction of sp³-hybridized carbons (Fsp3) is 0.364. The van der Waals surface area contributed by atoms with Gasteiger partial charge in [-0.25, -0.2) is 0 Å². The maximum Gasteiger partial charge on any atom is 0.272 e. The van der Waals surface area contributed by atoms with Crippen molar-refractivity contribution < 1.29 is 24.0 Å². The van der Waals surface area contributed by atoms with Crippen LogP contribution in [-0.4, -0.2) is 40.0 Å². The Morgan fingerprint density at radius 1 is 1.16 bits per heavy atom. The van der Waals surface area contributed by atoms with Gasteiger partial charge in [-0.2, -0.15) is 0 Å². The summed E-state index contributed by atoms with van der Waals surface area (Å²) in [5.41, 5.74) is 1.24. The molecule has 0 aliphatic carbocycles. The number of rotatable bonds is 4. The number of nitrogens with zero attached hydrogens (tertiary/aromatic N) is 2. The van der Waals surface area contributed by atoms with Crippen LogP contribution in [0.25, 0.3) is 0 Å². The van der Waals surface area contributed by atoms with Crippen LogP contribution in [0.4, 0.5) is 11.4 Å². The van der Waals surface area contributed by atoms with Crippen LogP contribution in [0.15, 0.2) is 36.4 Å². The number of aryl methyl sites for hydroxylation is 1. The SMILES string of the molecule is Cc1cc(C(=O)N2CCCC2C(=O)Nc2ccc3c(c2)OC(C)(C)O3)ccc1[N+](=O)[O-]. The molecule has 0 saturated carbocycles. The first-order chi connectivity index (χ1) is 14.6. The van der Waals surface area contributed by atoms with E-state index in [1.807, 2.05) is 0 Å². The highest BCUT2D eigenvalue weighted by atomic mass is 16.7. The summed E-state index contributed by atoms with van der Waals surface area (Å²) < 4.78 is 11.4. The second kappa shape index (κ2) is 7.57. The first-order valence-corrected chi connectivity index (χ1v) is 10.0. The van der Waals surface area contributed by atoms with Crippen LogP contribution in [-0.2, 0) is 4.79 Å². The number of hydrogen-bond acceptors (Lipinski definition) is 6. The lowest BCUT2D eigenvalue weighted by Crippen LogP contribution is -2.43. The van der Waals surface area contributed by atoms with Crippen molar-refractivity contribution in [2.24, 2.45) is 0 Å². The quantitative estimate of drug-likeness (QED) is 0.591. The summed E-state index contributed by atoms with van der Waals surface area (Å²) in [6.07, 6.45) is 1.24. The Balaban J connectivity index is 1.48. The Bertz CT molecular complexity index is 1080. The predicted molar refractivity (Wildman–Crippen MR) is 112 cm³/mol. The number of likely N-dealkylation sites (tertiary alicyclic amines) is 1. The molecule has 2 aliphatic heterocycles. The van der Waals surface area contributed by atoms with E-state index in [0.29, 0.717) is 47.7 Å². The Kier molecular flexibility index (Phi) is 5.04. The molecule has 1 unspecified atom stereocenters. The van der Waals surface area contributed by atoms with Gasteiger partial charge in [-0.1, -0.05) is 0 Å². The molecular formula is C22H23N3O6. The number of hydrogen-bond donors (Lipinski definition) is 1. The number of nitro benzene ring substituents is 1. The van der Waals surface area contributed by atoms with Crippen LogP contribution in [0.1, 0.15) is 42.6 Å². The van der Waals surface area contributed by atoms with Gasteiger partial charge in [0, 0.05) is 49.3 Å². The van der Waals surface area contributed by atoms with E-state index in [0.717, 1.165) is 0 Å². The molecule has 1 N–H and O–H groups in total. The topological polar surface area (TPSA) is 111 Å². The number of nitrogens with one attached hydrogen (secondary N) is 1. The average Bonchev–Trinajstić information content (AvgIpc) is 3.29. The molecule has 9 heteroatoms. The molecule has 1 saturated heterocycles. The molecule has 31 heavy (non-hydrogen) atoms. The maximum absolute atomic E-state index is 13.0. The van der Waals surface area contributed by atoms with Gasteiger partial charge >= 0.3 is 0 Å². The fourth-order valence-corrected chi connectivity index (χ4v) is 3.97. The number of amides is 2. The summed E-state index contributed by atoms with van der Waals surface area (Å²) in [5, 5.41) is 13.9. The van der Waals surface area contributed by atoms with Gasteiger partial charge in [0.25, 0.3) is 11.6 Å². The molecule has 9 nitrogen and oxygen atoms in total. The van der Waals surface area contributed by atoms with Crippen molar-refractivity contribution in [3.05, 3.63) is 57.6 Å². The molecule has 2 aliphatic rings. The van der Waals surface area contributed by atoms with Crippen LogP contribution in [0.3, 0.4) is 0 Å². The standard InChI is InChI=1S/C22H23N3O6/c1-13-11-14(6-8-16(13)25(28)29)21(27)24-10-4-5-17(24)20(26)23-15-7-9-18-19(12-15)31-22(2,3)30-18/h6-9,11-12,17H,4-5,10H2,1-3H3,(H,23,26). The summed E-state index contributed by atoms with van der Waals surface area (Å²) in [5.74, 6) is -0.217. The second-order valence-corrected chi connectivity index (χ2v) is 8.17. The van der Waals surface area contributed by atoms with Crippen LogP contribution < -0.4 is 14.8 Å². The number of carbonyl (C=O) groups excluding carboxylic acids is 2. The highest BCUT2D eigenvalue weighted by molar-refractivity contribution is 6.01. The first-order valence-electron chi connectivity index (χ1n) is 10.0. The van der Waals surface area contributed by atoms with Crippen molar-refractivity contribution in [3.63, 3.8) is 0 Å². The molecule has 162 valence electrons. The van der Waals surface area contributed by atoms with Crippen LogP contribution >= 0.6 is 0 Å². The average molecular weight is 425 g/mol. The minimum absolute atomic E-state index is 0.0433. The Morgan fingerprint density at radius 3 is 2.61 bits per heavy atom. The zero-order chi connectivity index (χ0) is 22.3. The molecule has 0 aromatic heterocycles. The van der Waals surface area contributed by atoms with E-state index in [-0.39, 0.29) is 17.5 Å². The van der Waals surface area contributed by atoms with E-state index in [9.17, 15) is 19.7 Å². The highest BCUT2D eigenvalue weighted by Gasteiger charge is 2.36. The smallest absolute Gasteiger partial charge is 0.272 e. The largest absolute Gasteiger partial charge is 0.449 e. The number of anilines is 1. The lowest BCUT2D eigenvalue weighted by Gasteiger charge is -2.24. The van der Waals surface area contributed by atoms with Crippen molar-refractivity contribution in [3.8, 4) is 11.5 Å². The van der Waals surface area contributed by atoms with Gasteiger partial charge in [-0.15, -0.1) is 0 Å². The minimum Gasteiger partial charge on any atom is -0.449 e. The van der Waals surface area contributed by atoms with Gasteiger partial charge in [0.05, 0.1) is 4.92 Å². The second-order valence-electron chi connectivity index (χ2n) is 8.17. The monoisotopic (exact) mass is 425 g/mol. The van der Waals surface area contributed by atoms with Crippen molar-refractivity contribution in [2.75, 3.05) is 11.9 Å². The van der Waals surface area contributed by atoms with Crippen molar-refractivity contribution in [1.82, 2.24) is 4.90 Å². The minimum atomic E-state index is -0.761. The normalized spacial score (nSPS) is 18.7. The summed E-state index contributed by atoms with van der Waals surface area (Å²) in [6.45, 7) is 5.63. The molecule has 2 aromatic rings. The maximum atomic E-state index is 13.0. The van der Waals surface area contributed by atoms with Crippen LogP contribution in [0.5, 0.6) is 11.5 Å². The zero-order valence-corrected chi connectivity index (χ0v) is 17.5. The lowest BCUT2D eigenvalue weighted by atomic mass is 10.1. The van der Waals surface area contributed by atoms with Crippen molar-refractivity contribution in [2.45, 2.75) is 45.4 Å². The fourth-order valence-electron chi connectivity index (χ4n) is 3.97. The number of nitro groups is 1. The Morgan fingerprint density at radius 2 is 1.90 bits per heavy atom. The van der Waals surface area contributed by atoms with E-state index < -0.39 is 16.8 Å². The van der Waals surface area contributed by atoms with E-state index in [4.69, 9.17) is 9.47 Å². The predicted octanol–water partition coefficient (Wildman–Crippen LogP) is 3.65. The third kappa shape index (κ3) is 4.03. The van der Waals surface area contributed by atoms with Gasteiger partial charge < -0.3 is 19.7 Å². The Labute approximate surface area is 179 Å². The molecule has 0 bridgehead atoms. The molecule has 1 fully saturated rings. The highest BCUT2D eigenvalue weighted by Crippen LogP contribution is 2.40. The van der Waals surface area contributed by atoms with Gasteiger partial charge in [0.15, 0.2) is 11.5 Å². The van der Waals surface area contributed by atoms with Gasteiger partial charge in [-0.05, 0) is 44.0 Å². The van der Waals surface area contributed by atoms with E-state index in [1.165, 1.54) is 23.1 Å². The summed E-state index contributed by atoms with van der Waals surface area (Å²) in [7, 11) is 0. The van der Waals surface area contributed by atoms with Gasteiger partial charge in [-0.3, -0.25) is 19.7 Å². The van der Waals surface area contributed by atoms with E-state index >= 15 is 0 Å². The Hall–Kier alpha value is -3.62.